The average Bonchev–Trinajstić information content (AvgIpc) is 2.85. The third-order valence-corrected chi connectivity index (χ3v) is 3.81. The highest BCUT2D eigenvalue weighted by molar-refractivity contribution is 5.76. The molecule has 2 aromatic rings. The van der Waals surface area contributed by atoms with Crippen LogP contribution in [0.15, 0.2) is 24.5 Å². The van der Waals surface area contributed by atoms with Gasteiger partial charge in [0.1, 0.15) is 0 Å². The molecule has 0 saturated carbocycles. The van der Waals surface area contributed by atoms with Gasteiger partial charge in [-0.3, -0.25) is 0 Å². The van der Waals surface area contributed by atoms with E-state index in [4.69, 9.17) is 0 Å². The summed E-state index contributed by atoms with van der Waals surface area (Å²) < 4.78 is 2.37. The van der Waals surface area contributed by atoms with Crippen molar-refractivity contribution in [3.8, 4) is 0 Å². The van der Waals surface area contributed by atoms with Gasteiger partial charge in [-0.25, -0.2) is 4.98 Å². The van der Waals surface area contributed by atoms with E-state index in [1.165, 1.54) is 37.0 Å². The zero-order chi connectivity index (χ0) is 13.8. The van der Waals surface area contributed by atoms with Crippen molar-refractivity contribution in [1.82, 2.24) is 14.5 Å². The van der Waals surface area contributed by atoms with Crippen molar-refractivity contribution < 1.29 is 0 Å². The van der Waals surface area contributed by atoms with E-state index in [2.05, 4.69) is 46.6 Å². The average molecular weight is 259 g/mol. The molecular weight excluding hydrogens is 234 g/mol. The summed E-state index contributed by atoms with van der Waals surface area (Å²) in [4.78, 5) is 6.91. The molecule has 3 nitrogen and oxygen atoms in total. The highest BCUT2D eigenvalue weighted by Gasteiger charge is 2.19. The largest absolute Gasteiger partial charge is 0.327 e. The minimum Gasteiger partial charge on any atom is -0.327 e. The Morgan fingerprint density at radius 1 is 1.16 bits per heavy atom. The second kappa shape index (κ2) is 6.20. The maximum Gasteiger partial charge on any atom is 0.0960 e. The Morgan fingerprint density at radius 3 is 2.53 bits per heavy atom. The van der Waals surface area contributed by atoms with Gasteiger partial charge in [-0.2, -0.15) is 0 Å². The minimum atomic E-state index is 0.623. The molecule has 2 heterocycles. The summed E-state index contributed by atoms with van der Waals surface area (Å²) in [5, 5.41) is 0. The molecule has 1 aliphatic heterocycles. The van der Waals surface area contributed by atoms with Crippen LogP contribution in [0.3, 0.4) is 0 Å². The monoisotopic (exact) mass is 259 g/mol. The number of aromatic nitrogens is 2. The lowest BCUT2D eigenvalue weighted by atomic mass is 10.1. The van der Waals surface area contributed by atoms with Gasteiger partial charge in [0, 0.05) is 6.04 Å². The van der Waals surface area contributed by atoms with Gasteiger partial charge in [-0.1, -0.05) is 19.9 Å². The fourth-order valence-electron chi connectivity index (χ4n) is 2.70. The first-order valence-corrected chi connectivity index (χ1v) is 7.36. The predicted octanol–water partition coefficient (Wildman–Crippen LogP) is 3.64. The first kappa shape index (κ1) is 14.1. The van der Waals surface area contributed by atoms with Crippen LogP contribution in [0.1, 0.15) is 38.3 Å². The van der Waals surface area contributed by atoms with Crippen molar-refractivity contribution in [2.24, 2.45) is 0 Å². The van der Waals surface area contributed by atoms with Crippen molar-refractivity contribution in [2.45, 2.75) is 39.7 Å². The molecule has 1 saturated heterocycles. The van der Waals surface area contributed by atoms with Gasteiger partial charge >= 0.3 is 0 Å². The Kier molecular flexibility index (Phi) is 4.59. The number of fused-ring (bicyclic) bond motifs is 1. The van der Waals surface area contributed by atoms with E-state index in [1.807, 2.05) is 20.2 Å². The third-order valence-electron chi connectivity index (χ3n) is 3.81. The van der Waals surface area contributed by atoms with Crippen LogP contribution in [-0.4, -0.2) is 34.6 Å². The van der Waals surface area contributed by atoms with Gasteiger partial charge in [0.05, 0.1) is 17.4 Å². The van der Waals surface area contributed by atoms with E-state index in [0.717, 1.165) is 5.52 Å². The van der Waals surface area contributed by atoms with Gasteiger partial charge < -0.3 is 9.47 Å². The SMILES string of the molecule is CC.Cc1ccc2ncn(C3CCN(C)CC3)c2c1. The zero-order valence-electron chi connectivity index (χ0n) is 12.6. The summed E-state index contributed by atoms with van der Waals surface area (Å²) in [7, 11) is 2.20. The van der Waals surface area contributed by atoms with Crippen molar-refractivity contribution in [3.63, 3.8) is 0 Å². The predicted molar refractivity (Wildman–Crippen MR) is 81.6 cm³/mol. The summed E-state index contributed by atoms with van der Waals surface area (Å²) in [6, 6.07) is 7.13. The molecule has 3 rings (SSSR count). The van der Waals surface area contributed by atoms with Crippen LogP contribution in [0.25, 0.3) is 11.0 Å². The topological polar surface area (TPSA) is 21.1 Å². The van der Waals surface area contributed by atoms with Crippen molar-refractivity contribution in [1.29, 1.82) is 0 Å². The van der Waals surface area contributed by atoms with Gasteiger partial charge in [-0.15, -0.1) is 0 Å². The molecule has 19 heavy (non-hydrogen) atoms. The van der Waals surface area contributed by atoms with E-state index in [9.17, 15) is 0 Å². The third kappa shape index (κ3) is 2.98. The number of aryl methyl sites for hydroxylation is 1. The number of nitrogens with zero attached hydrogens (tertiary/aromatic N) is 3. The molecule has 0 radical (unpaired) electrons. The molecule has 104 valence electrons. The number of hydrogen-bond donors (Lipinski definition) is 0. The number of hydrogen-bond acceptors (Lipinski definition) is 2. The van der Waals surface area contributed by atoms with Gasteiger partial charge in [0.25, 0.3) is 0 Å². The van der Waals surface area contributed by atoms with Crippen LogP contribution in [0.5, 0.6) is 0 Å². The number of likely N-dealkylation sites (tertiary alicyclic amines) is 1. The Bertz CT molecular complexity index is 522. The molecule has 3 heteroatoms. The van der Waals surface area contributed by atoms with Crippen LogP contribution in [0.4, 0.5) is 0 Å². The maximum absolute atomic E-state index is 4.50. The molecule has 1 fully saturated rings. The highest BCUT2D eigenvalue weighted by Crippen LogP contribution is 2.26. The molecule has 0 amide bonds. The van der Waals surface area contributed by atoms with Crippen LogP contribution >= 0.6 is 0 Å². The number of benzene rings is 1. The molecular formula is C16H25N3. The summed E-state index contributed by atoms with van der Waals surface area (Å²) in [5.74, 6) is 0. The van der Waals surface area contributed by atoms with Crippen molar-refractivity contribution >= 4 is 11.0 Å². The summed E-state index contributed by atoms with van der Waals surface area (Å²) in [5.41, 5.74) is 3.72. The normalized spacial score (nSPS) is 17.3. The zero-order valence-corrected chi connectivity index (χ0v) is 12.6. The van der Waals surface area contributed by atoms with E-state index in [-0.39, 0.29) is 0 Å². The minimum absolute atomic E-state index is 0.623. The molecule has 0 spiro atoms. The first-order chi connectivity index (χ1) is 9.24. The lowest BCUT2D eigenvalue weighted by Gasteiger charge is -2.30. The van der Waals surface area contributed by atoms with E-state index >= 15 is 0 Å². The van der Waals surface area contributed by atoms with Gasteiger partial charge in [0.2, 0.25) is 0 Å². The van der Waals surface area contributed by atoms with Gasteiger partial charge in [0.15, 0.2) is 0 Å². The fraction of sp³-hybridized carbons (Fsp3) is 0.562. The molecule has 0 unspecified atom stereocenters. The van der Waals surface area contributed by atoms with E-state index in [1.54, 1.807) is 0 Å². The van der Waals surface area contributed by atoms with Crippen LogP contribution < -0.4 is 0 Å². The van der Waals surface area contributed by atoms with Gasteiger partial charge in [-0.05, 0) is 57.6 Å². The Hall–Kier alpha value is -1.35. The first-order valence-electron chi connectivity index (χ1n) is 7.36. The molecule has 0 atom stereocenters. The fourth-order valence-corrected chi connectivity index (χ4v) is 2.70. The summed E-state index contributed by atoms with van der Waals surface area (Å²) >= 11 is 0. The van der Waals surface area contributed by atoms with E-state index < -0.39 is 0 Å². The maximum atomic E-state index is 4.50. The highest BCUT2D eigenvalue weighted by atomic mass is 15.1. The Morgan fingerprint density at radius 2 is 1.84 bits per heavy atom. The molecule has 1 aromatic carbocycles. The summed E-state index contributed by atoms with van der Waals surface area (Å²) in [6.45, 7) is 8.53. The molecule has 0 N–H and O–H groups in total. The van der Waals surface area contributed by atoms with Crippen LogP contribution in [-0.2, 0) is 0 Å². The van der Waals surface area contributed by atoms with Crippen LogP contribution in [0.2, 0.25) is 0 Å². The van der Waals surface area contributed by atoms with Crippen molar-refractivity contribution in [2.75, 3.05) is 20.1 Å². The number of piperidine rings is 1. The Labute approximate surface area is 116 Å². The quantitative estimate of drug-likeness (QED) is 0.779. The smallest absolute Gasteiger partial charge is 0.0960 e. The lowest BCUT2D eigenvalue weighted by Crippen LogP contribution is -2.31. The second-order valence-electron chi connectivity index (χ2n) is 5.18. The molecule has 1 aliphatic rings. The summed E-state index contributed by atoms with van der Waals surface area (Å²) in [6.07, 6.45) is 4.48. The number of imidazole rings is 1. The lowest BCUT2D eigenvalue weighted by molar-refractivity contribution is 0.223. The molecule has 0 aliphatic carbocycles. The number of rotatable bonds is 1. The molecule has 1 aromatic heterocycles. The van der Waals surface area contributed by atoms with E-state index in [0.29, 0.717) is 6.04 Å². The second-order valence-corrected chi connectivity index (χ2v) is 5.18. The van der Waals surface area contributed by atoms with Crippen molar-refractivity contribution in [3.05, 3.63) is 30.1 Å². The van der Waals surface area contributed by atoms with Crippen LogP contribution in [0, 0.1) is 6.92 Å². The Balaban J connectivity index is 0.000000637. The standard InChI is InChI=1S/C14H19N3.C2H6/c1-11-3-4-13-14(9-11)17(10-15-13)12-5-7-16(2)8-6-12;1-2/h3-4,9-10,12H,5-8H2,1-2H3;1-2H3. The molecule has 0 bridgehead atoms.